The molecule has 0 spiro atoms. The molecule has 0 saturated heterocycles. The molecule has 0 atom stereocenters. The molecular weight excluding hydrogens is 222 g/mol. The molecule has 8 heavy (non-hydrogen) atoms. The van der Waals surface area contributed by atoms with Crippen LogP contribution in [-0.4, -0.2) is 5.79 Å². The van der Waals surface area contributed by atoms with Crippen molar-refractivity contribution >= 4 is 17.0 Å². The van der Waals surface area contributed by atoms with Gasteiger partial charge >= 0.3 is 0 Å². The van der Waals surface area contributed by atoms with Gasteiger partial charge in [0.1, 0.15) is 5.79 Å². The normalized spacial score (nSPS) is 9.00. The van der Waals surface area contributed by atoms with Crippen molar-refractivity contribution in [2.75, 3.05) is 0 Å². The van der Waals surface area contributed by atoms with Gasteiger partial charge < -0.3 is 17.2 Å². The van der Waals surface area contributed by atoms with Crippen LogP contribution in [0.25, 0.3) is 0 Å². The molecule has 0 rings (SSSR count). The third-order valence-electron chi connectivity index (χ3n) is 0.612. The van der Waals surface area contributed by atoms with E-state index in [1.807, 2.05) is 6.92 Å². The van der Waals surface area contributed by atoms with E-state index in [1.165, 1.54) is 0 Å². The first-order valence-electron chi connectivity index (χ1n) is 1.93. The third kappa shape index (κ3) is 15.8. The summed E-state index contributed by atoms with van der Waals surface area (Å²) in [6.07, 6.45) is 0.604. The Morgan fingerprint density at radius 2 is 1.38 bits per heavy atom. The molecule has 0 aromatic heterocycles. The average molecular weight is 234 g/mol. The van der Waals surface area contributed by atoms with Gasteiger partial charge in [0, 0.05) is 17.1 Å². The Morgan fingerprint density at radius 1 is 1.25 bits per heavy atom. The standard InChI is InChI=1S/C3H11N3.BrH.Cu/c1-2-3(4,5)6;;/h2,4-6H2,1H3;1H;. The largest absolute Gasteiger partial charge is 0.301 e. The molecular formula is C3H12BrCuN3. The topological polar surface area (TPSA) is 78.1 Å². The molecule has 0 aliphatic rings. The summed E-state index contributed by atoms with van der Waals surface area (Å²) in [7, 11) is 0. The van der Waals surface area contributed by atoms with Crippen molar-refractivity contribution in [3.8, 4) is 0 Å². The van der Waals surface area contributed by atoms with Gasteiger partial charge in [-0.3, -0.25) is 0 Å². The molecule has 0 aromatic rings. The van der Waals surface area contributed by atoms with Gasteiger partial charge in [-0.2, -0.15) is 0 Å². The van der Waals surface area contributed by atoms with Gasteiger partial charge in [-0.25, -0.2) is 0 Å². The van der Waals surface area contributed by atoms with E-state index in [9.17, 15) is 0 Å². The van der Waals surface area contributed by atoms with E-state index < -0.39 is 5.79 Å². The maximum atomic E-state index is 5.09. The van der Waals surface area contributed by atoms with Gasteiger partial charge in [-0.05, 0) is 6.42 Å². The number of hydrogen-bond acceptors (Lipinski definition) is 3. The average Bonchev–Trinajstić information content (AvgIpc) is 1.35. The zero-order valence-electron chi connectivity index (χ0n) is 4.65. The summed E-state index contributed by atoms with van der Waals surface area (Å²) < 4.78 is 0. The van der Waals surface area contributed by atoms with Crippen molar-refractivity contribution in [2.45, 2.75) is 19.1 Å². The predicted octanol–water partition coefficient (Wildman–Crippen LogP) is -0.498. The molecule has 0 amide bonds. The first-order valence-corrected chi connectivity index (χ1v) is 1.93. The molecule has 6 N–H and O–H groups in total. The maximum absolute atomic E-state index is 5.09. The van der Waals surface area contributed by atoms with Crippen LogP contribution in [0.5, 0.6) is 0 Å². The summed E-state index contributed by atoms with van der Waals surface area (Å²) in [6.45, 7) is 1.83. The fourth-order valence-electron chi connectivity index (χ4n) is 0. The van der Waals surface area contributed by atoms with Crippen LogP contribution in [0, 0.1) is 0 Å². The predicted molar refractivity (Wildman–Crippen MR) is 35.9 cm³/mol. The van der Waals surface area contributed by atoms with E-state index in [1.54, 1.807) is 0 Å². The Bertz CT molecular complexity index is 44.3. The van der Waals surface area contributed by atoms with Crippen LogP contribution in [0.4, 0.5) is 0 Å². The van der Waals surface area contributed by atoms with Gasteiger partial charge in [-0.15, -0.1) is 17.0 Å². The maximum Gasteiger partial charge on any atom is 0.115 e. The number of halogens is 1. The molecule has 0 saturated carbocycles. The third-order valence-corrected chi connectivity index (χ3v) is 0.612. The summed E-state index contributed by atoms with van der Waals surface area (Å²) in [5, 5.41) is 0. The Hall–Kier alpha value is 0.879. The van der Waals surface area contributed by atoms with Gasteiger partial charge in [0.05, 0.1) is 0 Å². The molecule has 0 heterocycles. The van der Waals surface area contributed by atoms with Crippen LogP contribution < -0.4 is 17.2 Å². The Kier molecular flexibility index (Phi) is 12.0. The van der Waals surface area contributed by atoms with E-state index in [-0.39, 0.29) is 34.1 Å². The van der Waals surface area contributed by atoms with Crippen molar-refractivity contribution in [3.05, 3.63) is 0 Å². The van der Waals surface area contributed by atoms with E-state index in [4.69, 9.17) is 17.2 Å². The second kappa shape index (κ2) is 6.01. The molecule has 0 fully saturated rings. The molecule has 1 radical (unpaired) electrons. The minimum atomic E-state index is -0.958. The van der Waals surface area contributed by atoms with Crippen molar-refractivity contribution in [1.29, 1.82) is 0 Å². The van der Waals surface area contributed by atoms with Crippen LogP contribution >= 0.6 is 17.0 Å². The molecule has 0 aromatic carbocycles. The van der Waals surface area contributed by atoms with E-state index >= 15 is 0 Å². The zero-order chi connectivity index (χ0) is 5.21. The Morgan fingerprint density at radius 3 is 1.38 bits per heavy atom. The summed E-state index contributed by atoms with van der Waals surface area (Å²) in [4.78, 5) is 0. The zero-order valence-corrected chi connectivity index (χ0v) is 7.30. The summed E-state index contributed by atoms with van der Waals surface area (Å²) in [5.74, 6) is -0.958. The van der Waals surface area contributed by atoms with E-state index in [0.717, 1.165) is 0 Å². The second-order valence-corrected chi connectivity index (χ2v) is 1.47. The van der Waals surface area contributed by atoms with Crippen molar-refractivity contribution in [3.63, 3.8) is 0 Å². The molecule has 0 unspecified atom stereocenters. The molecule has 5 heteroatoms. The van der Waals surface area contributed by atoms with Gasteiger partial charge in [-0.1, -0.05) is 6.92 Å². The Labute approximate surface area is 70.6 Å². The van der Waals surface area contributed by atoms with Gasteiger partial charge in [0.25, 0.3) is 0 Å². The first-order chi connectivity index (χ1) is 2.56. The van der Waals surface area contributed by atoms with E-state index in [0.29, 0.717) is 6.42 Å². The molecule has 0 aliphatic carbocycles. The minimum Gasteiger partial charge on any atom is -0.301 e. The van der Waals surface area contributed by atoms with Crippen LogP contribution in [0.1, 0.15) is 13.3 Å². The summed E-state index contributed by atoms with van der Waals surface area (Å²) in [5.41, 5.74) is 15.3. The molecule has 0 bridgehead atoms. The summed E-state index contributed by atoms with van der Waals surface area (Å²) >= 11 is 0. The Balaban J connectivity index is -0.000000125. The van der Waals surface area contributed by atoms with Crippen LogP contribution in [0.3, 0.4) is 0 Å². The fraction of sp³-hybridized carbons (Fsp3) is 1.00. The smallest absolute Gasteiger partial charge is 0.115 e. The molecule has 0 aliphatic heterocycles. The first kappa shape index (κ1) is 15.9. The van der Waals surface area contributed by atoms with Crippen molar-refractivity contribution < 1.29 is 17.1 Å². The van der Waals surface area contributed by atoms with Gasteiger partial charge in [0.2, 0.25) is 0 Å². The van der Waals surface area contributed by atoms with Crippen molar-refractivity contribution in [2.24, 2.45) is 17.2 Å². The molecule has 57 valence electrons. The van der Waals surface area contributed by atoms with E-state index in [2.05, 4.69) is 0 Å². The van der Waals surface area contributed by atoms with Gasteiger partial charge in [0.15, 0.2) is 0 Å². The SMILES string of the molecule is Br.CCC(N)(N)N.[Cu]. The fourth-order valence-corrected chi connectivity index (χ4v) is 0. The minimum absolute atomic E-state index is 0. The van der Waals surface area contributed by atoms with Crippen molar-refractivity contribution in [1.82, 2.24) is 0 Å². The quantitative estimate of drug-likeness (QED) is 0.422. The molecule has 3 nitrogen and oxygen atoms in total. The number of rotatable bonds is 1. The monoisotopic (exact) mass is 232 g/mol. The summed E-state index contributed by atoms with van der Waals surface area (Å²) in [6, 6.07) is 0. The number of hydrogen-bond donors (Lipinski definition) is 3. The number of nitrogens with two attached hydrogens (primary N) is 3. The van der Waals surface area contributed by atoms with Crippen LogP contribution in [0.15, 0.2) is 0 Å². The second-order valence-electron chi connectivity index (χ2n) is 1.47. The van der Waals surface area contributed by atoms with Crippen LogP contribution in [-0.2, 0) is 17.1 Å². The van der Waals surface area contributed by atoms with Crippen LogP contribution in [0.2, 0.25) is 0 Å².